The lowest BCUT2D eigenvalue weighted by Gasteiger charge is -2.39. The van der Waals surface area contributed by atoms with Crippen molar-refractivity contribution in [2.24, 2.45) is 17.8 Å². The fraction of sp³-hybridized carbons (Fsp3) is 0.333. The van der Waals surface area contributed by atoms with Crippen LogP contribution in [0.2, 0.25) is 0 Å². The van der Waals surface area contributed by atoms with E-state index in [1.54, 1.807) is 12.1 Å². The quantitative estimate of drug-likeness (QED) is 0.439. The number of aromatic amines is 1. The van der Waals surface area contributed by atoms with Gasteiger partial charge in [-0.05, 0) is 62.6 Å². The number of fused-ring (bicyclic) bond motifs is 1. The molecular weight excluding hydrogens is 402 g/mol. The van der Waals surface area contributed by atoms with Gasteiger partial charge >= 0.3 is 0 Å². The van der Waals surface area contributed by atoms with E-state index in [-0.39, 0.29) is 28.9 Å². The van der Waals surface area contributed by atoms with Gasteiger partial charge < -0.3 is 15.2 Å². The van der Waals surface area contributed by atoms with Crippen LogP contribution in [0.25, 0.3) is 11.1 Å². The third kappa shape index (κ3) is 3.83. The number of phenolic OH excluding ortho intramolecular Hbond substituents is 1. The minimum atomic E-state index is -0.611. The molecule has 2 aliphatic rings. The zero-order valence-electron chi connectivity index (χ0n) is 18.7. The SMILES string of the molecule is C/C=C/[C@@H]1C(C(=O)c2c(O)c(-c3ccc(O)cc3)c[nH]c2=O)=CC(C)=C2CC[C@H](C)C[C@@H]21. The number of benzene rings is 1. The average Bonchev–Trinajstić information content (AvgIpc) is 2.76. The molecule has 1 aromatic carbocycles. The molecule has 0 aliphatic heterocycles. The summed E-state index contributed by atoms with van der Waals surface area (Å²) in [4.78, 5) is 29.0. The number of H-pyrrole nitrogens is 1. The molecule has 3 N–H and O–H groups in total. The first-order chi connectivity index (χ1) is 15.3. The maximum atomic E-state index is 13.7. The molecule has 1 aromatic heterocycles. The van der Waals surface area contributed by atoms with Crippen LogP contribution in [0.4, 0.5) is 0 Å². The van der Waals surface area contributed by atoms with Crippen LogP contribution in [0.1, 0.15) is 50.4 Å². The molecule has 5 heteroatoms. The summed E-state index contributed by atoms with van der Waals surface area (Å²) in [5.41, 5.74) is 3.12. The van der Waals surface area contributed by atoms with Crippen LogP contribution in [-0.4, -0.2) is 21.0 Å². The number of rotatable bonds is 4. The number of allylic oxidation sites excluding steroid dienone is 6. The Kier molecular flexibility index (Phi) is 5.92. The van der Waals surface area contributed by atoms with Crippen molar-refractivity contribution >= 4 is 5.78 Å². The molecule has 5 nitrogen and oxygen atoms in total. The minimum Gasteiger partial charge on any atom is -0.508 e. The molecule has 0 radical (unpaired) electrons. The van der Waals surface area contributed by atoms with Gasteiger partial charge in [0.15, 0.2) is 5.78 Å². The zero-order chi connectivity index (χ0) is 23.0. The second-order valence-electron chi connectivity index (χ2n) is 8.98. The number of ketones is 1. The summed E-state index contributed by atoms with van der Waals surface area (Å²) in [6.07, 6.45) is 10.5. The molecule has 0 bridgehead atoms. The predicted molar refractivity (Wildman–Crippen MR) is 126 cm³/mol. The lowest BCUT2D eigenvalue weighted by atomic mass is 9.65. The maximum Gasteiger partial charge on any atom is 0.263 e. The molecule has 2 aliphatic carbocycles. The number of aromatic hydroxyl groups is 2. The fourth-order valence-electron chi connectivity index (χ4n) is 5.17. The van der Waals surface area contributed by atoms with E-state index in [0.29, 0.717) is 22.6 Å². The molecule has 0 unspecified atom stereocenters. The number of carbonyl (C=O) groups is 1. The van der Waals surface area contributed by atoms with Crippen LogP contribution in [0.3, 0.4) is 0 Å². The smallest absolute Gasteiger partial charge is 0.263 e. The highest BCUT2D eigenvalue weighted by Gasteiger charge is 2.38. The van der Waals surface area contributed by atoms with Crippen molar-refractivity contribution in [3.63, 3.8) is 0 Å². The molecule has 166 valence electrons. The highest BCUT2D eigenvalue weighted by atomic mass is 16.3. The van der Waals surface area contributed by atoms with Crippen molar-refractivity contribution in [1.29, 1.82) is 0 Å². The lowest BCUT2D eigenvalue weighted by Crippen LogP contribution is -2.31. The zero-order valence-corrected chi connectivity index (χ0v) is 18.7. The largest absolute Gasteiger partial charge is 0.508 e. The number of nitrogens with one attached hydrogen (secondary N) is 1. The van der Waals surface area contributed by atoms with E-state index in [4.69, 9.17) is 0 Å². The second kappa shape index (κ2) is 8.65. The van der Waals surface area contributed by atoms with Crippen LogP contribution in [0.15, 0.2) is 70.2 Å². The van der Waals surface area contributed by atoms with E-state index in [1.165, 1.54) is 23.9 Å². The predicted octanol–water partition coefficient (Wildman–Crippen LogP) is 5.52. The molecule has 3 atom stereocenters. The van der Waals surface area contributed by atoms with E-state index >= 15 is 0 Å². The van der Waals surface area contributed by atoms with Crippen LogP contribution in [-0.2, 0) is 0 Å². The van der Waals surface area contributed by atoms with Gasteiger partial charge in [-0.25, -0.2) is 0 Å². The summed E-state index contributed by atoms with van der Waals surface area (Å²) in [5.74, 6) is 0.00674. The number of Topliss-reactive ketones (excluding diaryl/α,β-unsaturated/α-hetero) is 1. The highest BCUT2D eigenvalue weighted by molar-refractivity contribution is 6.12. The third-order valence-corrected chi connectivity index (χ3v) is 6.82. The summed E-state index contributed by atoms with van der Waals surface area (Å²) in [7, 11) is 0. The van der Waals surface area contributed by atoms with Crippen LogP contribution in [0, 0.1) is 17.8 Å². The first-order valence-electron chi connectivity index (χ1n) is 11.1. The molecule has 2 aromatic rings. The van der Waals surface area contributed by atoms with E-state index in [2.05, 4.69) is 11.9 Å². The number of hydrogen-bond acceptors (Lipinski definition) is 4. The molecule has 0 saturated heterocycles. The van der Waals surface area contributed by atoms with E-state index in [9.17, 15) is 19.8 Å². The number of carbonyl (C=O) groups excluding carboxylic acids is 1. The normalized spacial score (nSPS) is 23.2. The molecule has 1 saturated carbocycles. The van der Waals surface area contributed by atoms with Crippen LogP contribution in [0.5, 0.6) is 11.5 Å². The summed E-state index contributed by atoms with van der Waals surface area (Å²) < 4.78 is 0. The van der Waals surface area contributed by atoms with Gasteiger partial charge in [-0.1, -0.05) is 48.4 Å². The van der Waals surface area contributed by atoms with Crippen molar-refractivity contribution in [3.8, 4) is 22.6 Å². The van der Waals surface area contributed by atoms with Gasteiger partial charge in [0.05, 0.1) is 0 Å². The van der Waals surface area contributed by atoms with E-state index in [1.807, 2.05) is 32.1 Å². The number of aromatic nitrogens is 1. The Morgan fingerprint density at radius 3 is 2.59 bits per heavy atom. The van der Waals surface area contributed by atoms with Crippen LogP contribution >= 0.6 is 0 Å². The third-order valence-electron chi connectivity index (χ3n) is 6.82. The Hall–Kier alpha value is -3.34. The monoisotopic (exact) mass is 431 g/mol. The van der Waals surface area contributed by atoms with Gasteiger partial charge in [-0.2, -0.15) is 0 Å². The van der Waals surface area contributed by atoms with Gasteiger partial charge in [-0.3, -0.25) is 9.59 Å². The number of hydrogen-bond donors (Lipinski definition) is 3. The summed E-state index contributed by atoms with van der Waals surface area (Å²) in [6.45, 7) is 6.22. The second-order valence-corrected chi connectivity index (χ2v) is 8.98. The van der Waals surface area contributed by atoms with Gasteiger partial charge in [0.1, 0.15) is 17.1 Å². The molecule has 0 amide bonds. The molecule has 4 rings (SSSR count). The van der Waals surface area contributed by atoms with Crippen molar-refractivity contribution < 1.29 is 15.0 Å². The first-order valence-corrected chi connectivity index (χ1v) is 11.1. The van der Waals surface area contributed by atoms with Crippen molar-refractivity contribution in [3.05, 3.63) is 81.3 Å². The maximum absolute atomic E-state index is 13.7. The van der Waals surface area contributed by atoms with Crippen molar-refractivity contribution in [2.75, 3.05) is 0 Å². The molecule has 1 heterocycles. The Labute approximate surface area is 187 Å². The van der Waals surface area contributed by atoms with Crippen molar-refractivity contribution in [2.45, 2.75) is 40.0 Å². The molecule has 0 spiro atoms. The van der Waals surface area contributed by atoms with E-state index < -0.39 is 11.3 Å². The van der Waals surface area contributed by atoms with Gasteiger partial charge in [0.25, 0.3) is 5.56 Å². The van der Waals surface area contributed by atoms with Crippen LogP contribution < -0.4 is 5.56 Å². The van der Waals surface area contributed by atoms with Gasteiger partial charge in [0, 0.05) is 23.3 Å². The minimum absolute atomic E-state index is 0.0929. The fourth-order valence-corrected chi connectivity index (χ4v) is 5.17. The molecular formula is C27H29NO4. The Morgan fingerprint density at radius 1 is 1.19 bits per heavy atom. The topological polar surface area (TPSA) is 90.4 Å². The summed E-state index contributed by atoms with van der Waals surface area (Å²) in [6, 6.07) is 6.24. The Morgan fingerprint density at radius 2 is 1.91 bits per heavy atom. The van der Waals surface area contributed by atoms with Gasteiger partial charge in [-0.15, -0.1) is 0 Å². The lowest BCUT2D eigenvalue weighted by molar-refractivity contribution is 0.101. The Bertz CT molecular complexity index is 1200. The summed E-state index contributed by atoms with van der Waals surface area (Å²) >= 11 is 0. The average molecular weight is 432 g/mol. The number of phenols is 1. The Balaban J connectivity index is 1.83. The summed E-state index contributed by atoms with van der Waals surface area (Å²) in [5, 5.41) is 20.5. The first kappa shape index (κ1) is 21.9. The van der Waals surface area contributed by atoms with Crippen molar-refractivity contribution in [1.82, 2.24) is 4.98 Å². The standard InChI is InChI=1S/C27H29NO4/c1-4-5-20-21-12-15(2)6-11-19(21)16(3)13-22(20)25(30)24-26(31)23(14-28-27(24)32)17-7-9-18(29)10-8-17/h4-5,7-10,13-15,20-21,29H,6,11-12H2,1-3H3,(H2,28,31,32)/b5-4+/t15-,20-,21-/m0/s1. The van der Waals surface area contributed by atoms with Gasteiger partial charge in [0.2, 0.25) is 0 Å². The molecule has 1 fully saturated rings. The highest BCUT2D eigenvalue weighted by Crippen LogP contribution is 2.46. The molecule has 32 heavy (non-hydrogen) atoms. The number of pyridine rings is 1. The van der Waals surface area contributed by atoms with E-state index in [0.717, 1.165) is 24.8 Å².